The van der Waals surface area contributed by atoms with E-state index in [-0.39, 0.29) is 11.6 Å². The van der Waals surface area contributed by atoms with Crippen LogP contribution in [0.1, 0.15) is 0 Å². The molecular formula is C18H14FN3O2S. The van der Waals surface area contributed by atoms with Crippen LogP contribution in [0.5, 0.6) is 0 Å². The van der Waals surface area contributed by atoms with Gasteiger partial charge in [0.2, 0.25) is 0 Å². The van der Waals surface area contributed by atoms with Crippen LogP contribution < -0.4 is 5.76 Å². The highest BCUT2D eigenvalue weighted by molar-refractivity contribution is 7.99. The quantitative estimate of drug-likeness (QED) is 0.512. The number of aryl methyl sites for hydroxylation is 1. The molecular weight excluding hydrogens is 341 g/mol. The molecule has 0 saturated carbocycles. The molecule has 2 aromatic carbocycles. The lowest BCUT2D eigenvalue weighted by Crippen LogP contribution is -2.15. The van der Waals surface area contributed by atoms with Crippen molar-refractivity contribution in [1.82, 2.24) is 14.1 Å². The van der Waals surface area contributed by atoms with Gasteiger partial charge >= 0.3 is 5.76 Å². The van der Waals surface area contributed by atoms with Gasteiger partial charge in [-0.25, -0.2) is 14.2 Å². The first kappa shape index (κ1) is 15.7. The van der Waals surface area contributed by atoms with Crippen LogP contribution in [0.2, 0.25) is 0 Å². The van der Waals surface area contributed by atoms with Crippen LogP contribution in [-0.2, 0) is 6.54 Å². The van der Waals surface area contributed by atoms with Crippen LogP contribution in [0.4, 0.5) is 4.39 Å². The van der Waals surface area contributed by atoms with Crippen molar-refractivity contribution >= 4 is 22.9 Å². The summed E-state index contributed by atoms with van der Waals surface area (Å²) in [7, 11) is 0. The van der Waals surface area contributed by atoms with E-state index < -0.39 is 0 Å². The number of fused-ring (bicyclic) bond motifs is 1. The third-order valence-electron chi connectivity index (χ3n) is 3.81. The molecule has 7 heteroatoms. The largest absolute Gasteiger partial charge is 0.419 e. The third-order valence-corrected chi connectivity index (χ3v) is 4.76. The molecule has 0 saturated heterocycles. The molecule has 0 radical (unpaired) electrons. The summed E-state index contributed by atoms with van der Waals surface area (Å²) in [6.07, 6.45) is 3.46. The molecule has 4 rings (SSSR count). The van der Waals surface area contributed by atoms with E-state index in [1.165, 1.54) is 23.9 Å². The summed E-state index contributed by atoms with van der Waals surface area (Å²) >= 11 is 1.50. The summed E-state index contributed by atoms with van der Waals surface area (Å²) in [6.45, 7) is 0.497. The lowest BCUT2D eigenvalue weighted by molar-refractivity contribution is 0.514. The van der Waals surface area contributed by atoms with Crippen LogP contribution >= 0.6 is 11.8 Å². The summed E-state index contributed by atoms with van der Waals surface area (Å²) in [5, 5.41) is 0.742. The Kier molecular flexibility index (Phi) is 4.15. The molecule has 0 amide bonds. The van der Waals surface area contributed by atoms with Gasteiger partial charge in [-0.05, 0) is 30.3 Å². The Morgan fingerprint density at radius 2 is 2.04 bits per heavy atom. The zero-order valence-electron chi connectivity index (χ0n) is 13.1. The number of aromatic nitrogens is 3. The van der Waals surface area contributed by atoms with Crippen LogP contribution in [0.3, 0.4) is 0 Å². The molecule has 0 spiro atoms. The first-order valence-corrected chi connectivity index (χ1v) is 8.71. The highest BCUT2D eigenvalue weighted by Crippen LogP contribution is 2.21. The molecule has 2 aromatic heterocycles. The molecule has 0 fully saturated rings. The van der Waals surface area contributed by atoms with Crippen LogP contribution in [-0.4, -0.2) is 19.9 Å². The van der Waals surface area contributed by atoms with Crippen LogP contribution in [0.15, 0.2) is 75.3 Å². The Morgan fingerprint density at radius 1 is 1.16 bits per heavy atom. The summed E-state index contributed by atoms with van der Waals surface area (Å²) in [5.74, 6) is -0.0238. The van der Waals surface area contributed by atoms with Crippen molar-refractivity contribution in [3.63, 3.8) is 0 Å². The van der Waals surface area contributed by atoms with E-state index in [1.54, 1.807) is 29.1 Å². The number of nitrogens with zero attached hydrogens (tertiary/aromatic N) is 3. The fraction of sp³-hybridized carbons (Fsp3) is 0.111. The van der Waals surface area contributed by atoms with Gasteiger partial charge in [-0.1, -0.05) is 30.0 Å². The van der Waals surface area contributed by atoms with Crippen molar-refractivity contribution in [2.45, 2.75) is 11.7 Å². The highest BCUT2D eigenvalue weighted by Gasteiger charge is 2.10. The normalized spacial score (nSPS) is 11.2. The smallest absolute Gasteiger partial charge is 0.408 e. The molecule has 0 aliphatic rings. The highest BCUT2D eigenvalue weighted by atomic mass is 32.2. The predicted molar refractivity (Wildman–Crippen MR) is 94.7 cm³/mol. The fourth-order valence-corrected chi connectivity index (χ4v) is 3.57. The summed E-state index contributed by atoms with van der Waals surface area (Å²) in [4.78, 5) is 16.3. The number of hydrogen-bond donors (Lipinski definition) is 0. The van der Waals surface area contributed by atoms with Crippen molar-refractivity contribution in [3.05, 3.63) is 77.3 Å². The van der Waals surface area contributed by atoms with E-state index in [1.807, 2.05) is 28.8 Å². The van der Waals surface area contributed by atoms with Gasteiger partial charge in [0.05, 0.1) is 11.2 Å². The minimum absolute atomic E-state index is 0.293. The molecule has 25 heavy (non-hydrogen) atoms. The Labute approximate surface area is 146 Å². The van der Waals surface area contributed by atoms with E-state index in [4.69, 9.17) is 4.42 Å². The number of para-hydroxylation sites is 2. The minimum Gasteiger partial charge on any atom is -0.408 e. The third kappa shape index (κ3) is 3.10. The fourth-order valence-electron chi connectivity index (χ4n) is 2.67. The van der Waals surface area contributed by atoms with E-state index in [0.29, 0.717) is 23.6 Å². The minimum atomic E-state index is -0.365. The number of oxazole rings is 1. The van der Waals surface area contributed by atoms with Crippen molar-refractivity contribution in [2.75, 3.05) is 5.75 Å². The first-order chi connectivity index (χ1) is 12.2. The van der Waals surface area contributed by atoms with Gasteiger partial charge in [0, 0.05) is 24.7 Å². The monoisotopic (exact) mass is 355 g/mol. The molecule has 0 aliphatic carbocycles. The number of imidazole rings is 1. The maximum Gasteiger partial charge on any atom is 0.419 e. The van der Waals surface area contributed by atoms with Gasteiger partial charge in [-0.3, -0.25) is 9.13 Å². The summed E-state index contributed by atoms with van der Waals surface area (Å²) in [6, 6.07) is 13.7. The Balaban J connectivity index is 1.52. The van der Waals surface area contributed by atoms with Crippen molar-refractivity contribution in [2.24, 2.45) is 0 Å². The van der Waals surface area contributed by atoms with Gasteiger partial charge in [-0.15, -0.1) is 0 Å². The van der Waals surface area contributed by atoms with Gasteiger partial charge in [0.1, 0.15) is 5.82 Å². The second kappa shape index (κ2) is 6.60. The Morgan fingerprint density at radius 3 is 2.92 bits per heavy atom. The average molecular weight is 355 g/mol. The summed E-state index contributed by atoms with van der Waals surface area (Å²) in [5.41, 5.74) is 2.08. The van der Waals surface area contributed by atoms with Crippen LogP contribution in [0, 0.1) is 5.82 Å². The number of rotatable bonds is 5. The maximum atomic E-state index is 13.4. The average Bonchev–Trinajstić information content (AvgIpc) is 3.20. The second-order valence-electron chi connectivity index (χ2n) is 5.40. The van der Waals surface area contributed by atoms with E-state index in [2.05, 4.69) is 4.98 Å². The topological polar surface area (TPSA) is 53.0 Å². The number of benzene rings is 2. The molecule has 126 valence electrons. The number of hydrogen-bond acceptors (Lipinski definition) is 4. The Bertz CT molecular complexity index is 1080. The zero-order valence-corrected chi connectivity index (χ0v) is 13.9. The van der Waals surface area contributed by atoms with Crippen molar-refractivity contribution < 1.29 is 8.81 Å². The predicted octanol–water partition coefficient (Wildman–Crippen LogP) is 3.71. The molecule has 0 bridgehead atoms. The molecule has 0 unspecified atom stereocenters. The lowest BCUT2D eigenvalue weighted by Gasteiger charge is -2.07. The van der Waals surface area contributed by atoms with Gasteiger partial charge in [0.25, 0.3) is 0 Å². The second-order valence-corrected chi connectivity index (χ2v) is 6.46. The van der Waals surface area contributed by atoms with Crippen molar-refractivity contribution in [1.29, 1.82) is 0 Å². The molecule has 5 nitrogen and oxygen atoms in total. The molecule has 0 aliphatic heterocycles. The lowest BCUT2D eigenvalue weighted by atomic mass is 10.3. The van der Waals surface area contributed by atoms with Gasteiger partial charge < -0.3 is 4.42 Å². The molecule has 0 N–H and O–H groups in total. The number of thioether (sulfide) groups is 1. The summed E-state index contributed by atoms with van der Waals surface area (Å²) < 4.78 is 22.1. The zero-order chi connectivity index (χ0) is 17.2. The SMILES string of the molecule is O=c1oc2ccccc2n1CCSc1nccn1-c1cccc(F)c1. The standard InChI is InChI=1S/C18H14FN3O2S/c19-13-4-3-5-14(12-13)21-9-8-20-17(21)25-11-10-22-15-6-1-2-7-16(15)24-18(22)23/h1-9,12H,10-11H2. The van der Waals surface area contributed by atoms with Gasteiger partial charge in [0.15, 0.2) is 10.7 Å². The number of halogens is 1. The van der Waals surface area contributed by atoms with Gasteiger partial charge in [-0.2, -0.15) is 0 Å². The van der Waals surface area contributed by atoms with E-state index in [9.17, 15) is 9.18 Å². The molecule has 2 heterocycles. The first-order valence-electron chi connectivity index (χ1n) is 7.73. The van der Waals surface area contributed by atoms with Crippen LogP contribution in [0.25, 0.3) is 16.8 Å². The van der Waals surface area contributed by atoms with E-state index >= 15 is 0 Å². The van der Waals surface area contributed by atoms with Crippen molar-refractivity contribution in [3.8, 4) is 5.69 Å². The van der Waals surface area contributed by atoms with E-state index in [0.717, 1.165) is 10.7 Å². The molecule has 0 atom stereocenters. The maximum absolute atomic E-state index is 13.4. The molecule has 4 aromatic rings. The Hall–Kier alpha value is -2.80.